The fourth-order valence-corrected chi connectivity index (χ4v) is 4.39. The number of amides is 1. The van der Waals surface area contributed by atoms with Crippen LogP contribution in [0.15, 0.2) is 77.0 Å². The van der Waals surface area contributed by atoms with Gasteiger partial charge in [0.1, 0.15) is 0 Å². The van der Waals surface area contributed by atoms with Crippen LogP contribution < -0.4 is 19.6 Å². The van der Waals surface area contributed by atoms with Crippen molar-refractivity contribution in [3.05, 3.63) is 77.3 Å². The number of hydrazone groups is 1. The van der Waals surface area contributed by atoms with Crippen molar-refractivity contribution in [3.8, 4) is 34.3 Å². The van der Waals surface area contributed by atoms with Gasteiger partial charge in [0, 0.05) is 28.8 Å². The lowest BCUT2D eigenvalue weighted by molar-refractivity contribution is -0.132. The molecule has 0 aliphatic carbocycles. The summed E-state index contributed by atoms with van der Waals surface area (Å²) in [5, 5.41) is 13.9. The van der Waals surface area contributed by atoms with Gasteiger partial charge in [-0.2, -0.15) is 5.10 Å². The Balaban J connectivity index is 1.47. The zero-order valence-corrected chi connectivity index (χ0v) is 22.8. The first kappa shape index (κ1) is 27.7. The van der Waals surface area contributed by atoms with Gasteiger partial charge >= 0.3 is 5.97 Å². The molecule has 0 saturated carbocycles. The molecule has 0 atom stereocenters. The monoisotopic (exact) mass is 565 g/mol. The second kappa shape index (κ2) is 12.9. The van der Waals surface area contributed by atoms with Crippen LogP contribution in [0.5, 0.6) is 17.2 Å². The van der Waals surface area contributed by atoms with Gasteiger partial charge in [-0.25, -0.2) is 5.43 Å². The number of benzene rings is 3. The minimum Gasteiger partial charge on any atom is -0.493 e. The molecule has 0 spiro atoms. The molecule has 3 aromatic carbocycles. The number of methoxy groups -OCH3 is 2. The van der Waals surface area contributed by atoms with E-state index in [4.69, 9.17) is 25.8 Å². The summed E-state index contributed by atoms with van der Waals surface area (Å²) in [6.07, 6.45) is 1.43. The number of carbonyl (C=O) groups is 2. The molecular formula is C27H24ClN5O5S. The fraction of sp³-hybridized carbons (Fsp3) is 0.148. The van der Waals surface area contributed by atoms with Crippen LogP contribution in [-0.4, -0.2) is 52.8 Å². The first-order valence-electron chi connectivity index (χ1n) is 11.6. The Labute approximate surface area is 233 Å². The van der Waals surface area contributed by atoms with Gasteiger partial charge in [-0.1, -0.05) is 41.6 Å². The lowest BCUT2D eigenvalue weighted by Gasteiger charge is -2.13. The van der Waals surface area contributed by atoms with E-state index in [0.717, 1.165) is 11.3 Å². The molecule has 1 aromatic heterocycles. The smallest absolute Gasteiger partial charge is 0.308 e. The average molecular weight is 566 g/mol. The molecule has 0 bridgehead atoms. The molecule has 4 rings (SSSR count). The van der Waals surface area contributed by atoms with Gasteiger partial charge in [-0.15, -0.1) is 10.2 Å². The zero-order valence-electron chi connectivity index (χ0n) is 21.3. The van der Waals surface area contributed by atoms with Gasteiger partial charge < -0.3 is 14.2 Å². The maximum absolute atomic E-state index is 12.6. The highest BCUT2D eigenvalue weighted by atomic mass is 35.5. The number of hydrogen-bond donors (Lipinski definition) is 1. The Morgan fingerprint density at radius 2 is 1.69 bits per heavy atom. The van der Waals surface area contributed by atoms with E-state index in [9.17, 15) is 9.59 Å². The van der Waals surface area contributed by atoms with Crippen LogP contribution in [0.3, 0.4) is 0 Å². The number of rotatable bonds is 10. The average Bonchev–Trinajstić information content (AvgIpc) is 3.37. The van der Waals surface area contributed by atoms with Gasteiger partial charge in [0.2, 0.25) is 5.75 Å². The van der Waals surface area contributed by atoms with E-state index in [1.807, 2.05) is 47.0 Å². The molecule has 4 aromatic rings. The summed E-state index contributed by atoms with van der Waals surface area (Å²) in [5.41, 5.74) is 4.75. The second-order valence-corrected chi connectivity index (χ2v) is 9.29. The number of para-hydroxylation sites is 1. The van der Waals surface area contributed by atoms with Crippen LogP contribution in [0.25, 0.3) is 17.1 Å². The summed E-state index contributed by atoms with van der Waals surface area (Å²) in [4.78, 5) is 24.0. The largest absolute Gasteiger partial charge is 0.493 e. The molecule has 39 heavy (non-hydrogen) atoms. The van der Waals surface area contributed by atoms with Gasteiger partial charge in [-0.3, -0.25) is 14.2 Å². The van der Waals surface area contributed by atoms with Crippen molar-refractivity contribution in [2.75, 3.05) is 20.0 Å². The highest BCUT2D eigenvalue weighted by Crippen LogP contribution is 2.38. The Bertz CT molecular complexity index is 1470. The number of nitrogens with zero attached hydrogens (tertiary/aromatic N) is 4. The maximum atomic E-state index is 12.6. The molecule has 1 N–H and O–H groups in total. The Kier molecular flexibility index (Phi) is 9.18. The summed E-state index contributed by atoms with van der Waals surface area (Å²) < 4.78 is 17.7. The summed E-state index contributed by atoms with van der Waals surface area (Å²) in [7, 11) is 2.88. The van der Waals surface area contributed by atoms with Crippen molar-refractivity contribution < 1.29 is 23.8 Å². The number of nitrogens with one attached hydrogen (secondary N) is 1. The standard InChI is InChI=1S/C27H24ClN5O5S/c1-17(34)38-25-22(36-2)13-18(14-23(25)37-3)15-29-30-24(35)16-39-27-32-31-26(19-9-11-20(28)12-10-19)33(27)21-7-5-4-6-8-21/h4-15H,16H2,1-3H3,(H,30,35)/b29-15+. The number of halogens is 1. The number of thioether (sulfide) groups is 1. The Hall–Kier alpha value is -4.35. The predicted molar refractivity (Wildman–Crippen MR) is 149 cm³/mol. The normalized spacial score (nSPS) is 10.9. The fourth-order valence-electron chi connectivity index (χ4n) is 3.52. The number of hydrogen-bond acceptors (Lipinski definition) is 9. The third kappa shape index (κ3) is 6.95. The summed E-state index contributed by atoms with van der Waals surface area (Å²) in [6, 6.07) is 20.1. The van der Waals surface area contributed by atoms with Crippen molar-refractivity contribution in [2.24, 2.45) is 5.10 Å². The Morgan fingerprint density at radius 3 is 2.31 bits per heavy atom. The van der Waals surface area contributed by atoms with Crippen LogP contribution in [0.4, 0.5) is 0 Å². The molecule has 0 fully saturated rings. The highest BCUT2D eigenvalue weighted by molar-refractivity contribution is 7.99. The predicted octanol–water partition coefficient (Wildman–Crippen LogP) is 4.77. The minimum atomic E-state index is -0.513. The molecule has 0 saturated heterocycles. The van der Waals surface area contributed by atoms with E-state index >= 15 is 0 Å². The van der Waals surface area contributed by atoms with E-state index in [2.05, 4.69) is 20.7 Å². The number of esters is 1. The van der Waals surface area contributed by atoms with Crippen LogP contribution in [0.2, 0.25) is 5.02 Å². The molecular weight excluding hydrogens is 542 g/mol. The van der Waals surface area contributed by atoms with Crippen molar-refractivity contribution in [1.82, 2.24) is 20.2 Å². The SMILES string of the molecule is COc1cc(/C=N/NC(=O)CSc2nnc(-c3ccc(Cl)cc3)n2-c2ccccc2)cc(OC)c1OC(C)=O. The first-order chi connectivity index (χ1) is 18.9. The van der Waals surface area contributed by atoms with Crippen molar-refractivity contribution in [3.63, 3.8) is 0 Å². The van der Waals surface area contributed by atoms with Crippen molar-refractivity contribution in [2.45, 2.75) is 12.1 Å². The van der Waals surface area contributed by atoms with Crippen LogP contribution >= 0.6 is 23.4 Å². The second-order valence-electron chi connectivity index (χ2n) is 7.91. The maximum Gasteiger partial charge on any atom is 0.308 e. The zero-order chi connectivity index (χ0) is 27.8. The first-order valence-corrected chi connectivity index (χ1v) is 12.9. The number of carbonyl (C=O) groups excluding carboxylic acids is 2. The topological polar surface area (TPSA) is 117 Å². The minimum absolute atomic E-state index is 0.0426. The summed E-state index contributed by atoms with van der Waals surface area (Å²) in [6.45, 7) is 1.28. The van der Waals surface area contributed by atoms with Crippen LogP contribution in [0, 0.1) is 0 Å². The van der Waals surface area contributed by atoms with Crippen LogP contribution in [0.1, 0.15) is 12.5 Å². The van der Waals surface area contributed by atoms with Gasteiger partial charge in [-0.05, 0) is 48.5 Å². The van der Waals surface area contributed by atoms with E-state index in [1.54, 1.807) is 24.3 Å². The molecule has 1 heterocycles. The molecule has 0 aliphatic heterocycles. The highest BCUT2D eigenvalue weighted by Gasteiger charge is 2.18. The molecule has 1 amide bonds. The van der Waals surface area contributed by atoms with E-state index in [0.29, 0.717) is 21.6 Å². The molecule has 0 radical (unpaired) electrons. The van der Waals surface area contributed by atoms with E-state index < -0.39 is 5.97 Å². The number of aromatic nitrogens is 3. The molecule has 12 heteroatoms. The number of ether oxygens (including phenoxy) is 3. The lowest BCUT2D eigenvalue weighted by Crippen LogP contribution is -2.20. The quantitative estimate of drug-likeness (QED) is 0.0960. The van der Waals surface area contributed by atoms with Gasteiger partial charge in [0.05, 0.1) is 26.2 Å². The third-order valence-corrected chi connectivity index (χ3v) is 6.40. The van der Waals surface area contributed by atoms with Gasteiger partial charge in [0.15, 0.2) is 22.5 Å². The molecule has 0 aliphatic rings. The third-order valence-electron chi connectivity index (χ3n) is 5.21. The van der Waals surface area contributed by atoms with Crippen molar-refractivity contribution in [1.29, 1.82) is 0 Å². The van der Waals surface area contributed by atoms with E-state index in [1.165, 1.54) is 39.1 Å². The van der Waals surface area contributed by atoms with E-state index in [-0.39, 0.29) is 28.9 Å². The van der Waals surface area contributed by atoms with Crippen LogP contribution in [-0.2, 0) is 9.59 Å². The van der Waals surface area contributed by atoms with Gasteiger partial charge in [0.25, 0.3) is 5.91 Å². The van der Waals surface area contributed by atoms with Crippen molar-refractivity contribution >= 4 is 41.5 Å². The summed E-state index contributed by atoms with van der Waals surface area (Å²) in [5.74, 6) is 0.531. The molecule has 0 unspecified atom stereocenters. The lowest BCUT2D eigenvalue weighted by atomic mass is 10.2. The molecule has 10 nitrogen and oxygen atoms in total. The summed E-state index contributed by atoms with van der Waals surface area (Å²) >= 11 is 7.27. The molecule has 200 valence electrons. The Morgan fingerprint density at radius 1 is 1.03 bits per heavy atom.